The third kappa shape index (κ3) is 2.49. The van der Waals surface area contributed by atoms with Crippen LogP contribution in [0, 0.1) is 6.92 Å². The molecule has 4 heteroatoms. The Bertz CT molecular complexity index is 563. The molecule has 0 aliphatic heterocycles. The minimum Gasteiger partial charge on any atom is -0.268 e. The molecule has 0 aliphatic carbocycles. The predicted octanol–water partition coefficient (Wildman–Crippen LogP) is 2.32. The van der Waals surface area contributed by atoms with Crippen molar-refractivity contribution in [2.24, 2.45) is 0 Å². The van der Waals surface area contributed by atoms with Crippen LogP contribution in [0.5, 0.6) is 0 Å². The van der Waals surface area contributed by atoms with Gasteiger partial charge in [0.05, 0.1) is 5.69 Å². The summed E-state index contributed by atoms with van der Waals surface area (Å²) in [5.41, 5.74) is 2.38. The van der Waals surface area contributed by atoms with Crippen molar-refractivity contribution >= 4 is 11.6 Å². The minimum absolute atomic E-state index is 0.148. The molecule has 0 saturated heterocycles. The van der Waals surface area contributed by atoms with Gasteiger partial charge in [-0.15, -0.1) is 0 Å². The molecule has 16 heavy (non-hydrogen) atoms. The summed E-state index contributed by atoms with van der Waals surface area (Å²) in [4.78, 5) is 11.5. The van der Waals surface area contributed by atoms with Crippen LogP contribution in [-0.2, 0) is 6.42 Å². The first kappa shape index (κ1) is 10.9. The molecule has 0 amide bonds. The molecule has 0 saturated carbocycles. The van der Waals surface area contributed by atoms with Gasteiger partial charge >= 0.3 is 0 Å². The standard InChI is InChI=1S/C12H11ClN2O/c1-8-5-10(12(16)15-14-8)6-9-3-2-4-11(13)7-9/h2-5,7H,6H2,1H3,(H,15,16). The monoisotopic (exact) mass is 234 g/mol. The molecule has 2 aromatic rings. The number of nitrogens with one attached hydrogen (secondary N) is 1. The van der Waals surface area contributed by atoms with Crippen molar-refractivity contribution in [3.63, 3.8) is 0 Å². The summed E-state index contributed by atoms with van der Waals surface area (Å²) >= 11 is 5.88. The Balaban J connectivity index is 2.34. The lowest BCUT2D eigenvalue weighted by Crippen LogP contribution is -2.15. The van der Waals surface area contributed by atoms with Crippen LogP contribution in [0.4, 0.5) is 0 Å². The van der Waals surface area contributed by atoms with Crippen molar-refractivity contribution in [2.45, 2.75) is 13.3 Å². The van der Waals surface area contributed by atoms with Crippen LogP contribution >= 0.6 is 11.6 Å². The highest BCUT2D eigenvalue weighted by molar-refractivity contribution is 6.30. The Morgan fingerprint density at radius 2 is 2.19 bits per heavy atom. The smallest absolute Gasteiger partial charge is 0.267 e. The largest absolute Gasteiger partial charge is 0.268 e. The maximum absolute atomic E-state index is 11.5. The highest BCUT2D eigenvalue weighted by atomic mass is 35.5. The molecule has 3 nitrogen and oxygen atoms in total. The average molecular weight is 235 g/mol. The second-order valence-corrected chi connectivity index (χ2v) is 4.11. The van der Waals surface area contributed by atoms with E-state index >= 15 is 0 Å². The molecule has 0 spiro atoms. The first-order valence-corrected chi connectivity index (χ1v) is 5.32. The summed E-state index contributed by atoms with van der Waals surface area (Å²) in [6.45, 7) is 1.84. The lowest BCUT2D eigenvalue weighted by Gasteiger charge is -2.02. The van der Waals surface area contributed by atoms with E-state index in [9.17, 15) is 4.79 Å². The van der Waals surface area contributed by atoms with Crippen LogP contribution in [-0.4, -0.2) is 10.2 Å². The lowest BCUT2D eigenvalue weighted by atomic mass is 10.1. The number of aromatic amines is 1. The molecule has 1 N–H and O–H groups in total. The Labute approximate surface area is 98.1 Å². The van der Waals surface area contributed by atoms with Crippen LogP contribution in [0.2, 0.25) is 5.02 Å². The van der Waals surface area contributed by atoms with E-state index in [4.69, 9.17) is 11.6 Å². The quantitative estimate of drug-likeness (QED) is 0.867. The second-order valence-electron chi connectivity index (χ2n) is 3.67. The van der Waals surface area contributed by atoms with Crippen LogP contribution in [0.3, 0.4) is 0 Å². The normalized spacial score (nSPS) is 10.4. The molecule has 2 rings (SSSR count). The van der Waals surface area contributed by atoms with Gasteiger partial charge in [-0.2, -0.15) is 5.10 Å². The molecule has 82 valence electrons. The summed E-state index contributed by atoms with van der Waals surface area (Å²) < 4.78 is 0. The zero-order valence-electron chi connectivity index (χ0n) is 8.83. The van der Waals surface area contributed by atoms with Crippen molar-refractivity contribution in [1.29, 1.82) is 0 Å². The van der Waals surface area contributed by atoms with Crippen LogP contribution in [0.25, 0.3) is 0 Å². The summed E-state index contributed by atoms with van der Waals surface area (Å²) in [6, 6.07) is 9.28. The molecule has 1 aromatic heterocycles. The molecule has 0 atom stereocenters. The number of halogens is 1. The van der Waals surface area contributed by atoms with Gasteiger partial charge in [0, 0.05) is 17.0 Å². The van der Waals surface area contributed by atoms with Crippen molar-refractivity contribution in [3.05, 3.63) is 62.5 Å². The third-order valence-electron chi connectivity index (χ3n) is 2.29. The molecule has 0 aliphatic rings. The van der Waals surface area contributed by atoms with Gasteiger partial charge < -0.3 is 0 Å². The molecule has 1 heterocycles. The number of H-pyrrole nitrogens is 1. The van der Waals surface area contributed by atoms with Gasteiger partial charge in [0.25, 0.3) is 5.56 Å². The lowest BCUT2D eigenvalue weighted by molar-refractivity contribution is 0.913. The van der Waals surface area contributed by atoms with Gasteiger partial charge in [-0.3, -0.25) is 4.79 Å². The highest BCUT2D eigenvalue weighted by Gasteiger charge is 2.02. The molecule has 0 bridgehead atoms. The van der Waals surface area contributed by atoms with Crippen molar-refractivity contribution in [2.75, 3.05) is 0 Å². The average Bonchev–Trinajstić information content (AvgIpc) is 2.24. The van der Waals surface area contributed by atoms with E-state index in [1.807, 2.05) is 31.2 Å². The number of nitrogens with zero attached hydrogens (tertiary/aromatic N) is 1. The molecule has 0 unspecified atom stereocenters. The van der Waals surface area contributed by atoms with E-state index in [1.165, 1.54) is 0 Å². The molecule has 0 radical (unpaired) electrons. The molecule has 1 aromatic carbocycles. The maximum Gasteiger partial charge on any atom is 0.267 e. The summed E-state index contributed by atoms with van der Waals surface area (Å²) in [5.74, 6) is 0. The van der Waals surface area contributed by atoms with Gasteiger partial charge in [0.15, 0.2) is 0 Å². The first-order valence-electron chi connectivity index (χ1n) is 4.95. The number of hydrogen-bond donors (Lipinski definition) is 1. The van der Waals surface area contributed by atoms with Crippen LogP contribution in [0.1, 0.15) is 16.8 Å². The fourth-order valence-electron chi connectivity index (χ4n) is 1.56. The highest BCUT2D eigenvalue weighted by Crippen LogP contribution is 2.13. The van der Waals surface area contributed by atoms with Gasteiger partial charge in [-0.25, -0.2) is 5.10 Å². The van der Waals surface area contributed by atoms with Crippen molar-refractivity contribution in [3.8, 4) is 0 Å². The Morgan fingerprint density at radius 1 is 1.38 bits per heavy atom. The van der Waals surface area contributed by atoms with Gasteiger partial charge in [-0.05, 0) is 30.7 Å². The number of benzene rings is 1. The van der Waals surface area contributed by atoms with E-state index in [0.29, 0.717) is 17.0 Å². The molecular weight excluding hydrogens is 224 g/mol. The molecule has 0 fully saturated rings. The minimum atomic E-state index is -0.148. The predicted molar refractivity (Wildman–Crippen MR) is 63.9 cm³/mol. The summed E-state index contributed by atoms with van der Waals surface area (Å²) in [7, 11) is 0. The van der Waals surface area contributed by atoms with E-state index in [-0.39, 0.29) is 5.56 Å². The fourth-order valence-corrected chi connectivity index (χ4v) is 1.77. The first-order chi connectivity index (χ1) is 7.65. The van der Waals surface area contributed by atoms with E-state index in [1.54, 1.807) is 6.07 Å². The van der Waals surface area contributed by atoms with E-state index in [0.717, 1.165) is 11.3 Å². The molecular formula is C12H11ClN2O. The summed E-state index contributed by atoms with van der Waals surface area (Å²) in [6.07, 6.45) is 0.569. The Hall–Kier alpha value is -1.61. The fraction of sp³-hybridized carbons (Fsp3) is 0.167. The third-order valence-corrected chi connectivity index (χ3v) is 2.53. The van der Waals surface area contributed by atoms with Crippen molar-refractivity contribution in [1.82, 2.24) is 10.2 Å². The van der Waals surface area contributed by atoms with Gasteiger partial charge in [0.1, 0.15) is 0 Å². The van der Waals surface area contributed by atoms with Crippen molar-refractivity contribution < 1.29 is 0 Å². The van der Waals surface area contributed by atoms with Gasteiger partial charge in [0.2, 0.25) is 0 Å². The van der Waals surface area contributed by atoms with E-state index < -0.39 is 0 Å². The Kier molecular flexibility index (Phi) is 3.06. The summed E-state index contributed by atoms with van der Waals surface area (Å²) in [5, 5.41) is 6.98. The Morgan fingerprint density at radius 3 is 2.94 bits per heavy atom. The van der Waals surface area contributed by atoms with Crippen LogP contribution in [0.15, 0.2) is 35.1 Å². The maximum atomic E-state index is 11.5. The zero-order chi connectivity index (χ0) is 11.5. The van der Waals surface area contributed by atoms with Crippen LogP contribution < -0.4 is 5.56 Å². The second kappa shape index (κ2) is 4.49. The zero-order valence-corrected chi connectivity index (χ0v) is 9.58. The SMILES string of the molecule is Cc1cc(Cc2cccc(Cl)c2)c(=O)[nH]n1. The number of aryl methyl sites for hydroxylation is 1. The number of aromatic nitrogens is 2. The van der Waals surface area contributed by atoms with Gasteiger partial charge in [-0.1, -0.05) is 23.7 Å². The van der Waals surface area contributed by atoms with E-state index in [2.05, 4.69) is 10.2 Å². The topological polar surface area (TPSA) is 45.8 Å². The number of hydrogen-bond acceptors (Lipinski definition) is 2. The number of rotatable bonds is 2.